The van der Waals surface area contributed by atoms with Gasteiger partial charge in [0, 0.05) is 5.56 Å². The van der Waals surface area contributed by atoms with Crippen molar-refractivity contribution in [3.8, 4) is 23.1 Å². The van der Waals surface area contributed by atoms with Gasteiger partial charge in [0.2, 0.25) is 5.89 Å². The molecule has 0 spiro atoms. The molecule has 3 rings (SSSR count). The molecule has 0 aliphatic carbocycles. The quantitative estimate of drug-likeness (QED) is 0.614. The lowest BCUT2D eigenvalue weighted by Gasteiger charge is -1.94. The Labute approximate surface area is 98.7 Å². The summed E-state index contributed by atoms with van der Waals surface area (Å²) in [6, 6.07) is 11.5. The van der Waals surface area contributed by atoms with E-state index in [2.05, 4.69) is 10.2 Å². The molecule has 4 nitrogen and oxygen atoms in total. The fraction of sp³-hybridized carbons (Fsp3) is 0. The van der Waals surface area contributed by atoms with Crippen LogP contribution in [0.3, 0.4) is 0 Å². The van der Waals surface area contributed by atoms with E-state index < -0.39 is 0 Å². The second-order valence-electron chi connectivity index (χ2n) is 3.76. The molecule has 0 saturated heterocycles. The Balaban J connectivity index is 1.98. The Morgan fingerprint density at radius 3 is 2.41 bits per heavy atom. The lowest BCUT2D eigenvalue weighted by atomic mass is 9.95. The molecule has 5 heteroatoms. The van der Waals surface area contributed by atoms with Crippen molar-refractivity contribution in [3.05, 3.63) is 42.7 Å². The molecule has 3 aromatic rings. The summed E-state index contributed by atoms with van der Waals surface area (Å²) in [5.41, 5.74) is 2.10. The number of benzene rings is 1. The van der Waals surface area contributed by atoms with Gasteiger partial charge in [-0.15, -0.1) is 10.2 Å². The van der Waals surface area contributed by atoms with Crippen LogP contribution in [-0.4, -0.2) is 18.0 Å². The van der Waals surface area contributed by atoms with Crippen LogP contribution >= 0.6 is 0 Å². The zero-order valence-electron chi connectivity index (χ0n) is 9.25. The highest BCUT2D eigenvalue weighted by atomic mass is 16.4. The molecular weight excluding hydrogens is 215 g/mol. The second-order valence-corrected chi connectivity index (χ2v) is 3.76. The Morgan fingerprint density at radius 2 is 1.71 bits per heavy atom. The number of hydrogen-bond donors (Lipinski definition) is 0. The molecule has 0 N–H and O–H groups in total. The van der Waals surface area contributed by atoms with Crippen molar-refractivity contribution in [2.75, 3.05) is 0 Å². The Morgan fingerprint density at radius 1 is 0.941 bits per heavy atom. The smallest absolute Gasteiger partial charge is 0.283 e. The van der Waals surface area contributed by atoms with Crippen LogP contribution in [0.2, 0.25) is 0 Å². The van der Waals surface area contributed by atoms with Crippen molar-refractivity contribution in [1.82, 2.24) is 10.2 Å². The van der Waals surface area contributed by atoms with Crippen LogP contribution < -0.4 is 5.46 Å². The molecule has 0 saturated carbocycles. The molecule has 0 atom stereocenters. The molecule has 0 radical (unpaired) electrons. The summed E-state index contributed by atoms with van der Waals surface area (Å²) in [5.74, 6) is 1.47. The molecule has 0 unspecified atom stereocenters. The molecule has 0 aliphatic rings. The van der Waals surface area contributed by atoms with Crippen LogP contribution in [0.25, 0.3) is 23.1 Å². The summed E-state index contributed by atoms with van der Waals surface area (Å²) in [6.45, 7) is 0. The van der Waals surface area contributed by atoms with Crippen molar-refractivity contribution in [2.24, 2.45) is 0 Å². The van der Waals surface area contributed by atoms with Gasteiger partial charge in [-0.1, -0.05) is 29.7 Å². The largest absolute Gasteiger partial charge is 0.459 e. The predicted molar refractivity (Wildman–Crippen MR) is 65.6 cm³/mol. The number of aromatic nitrogens is 2. The average Bonchev–Trinajstić information content (AvgIpc) is 3.00. The summed E-state index contributed by atoms with van der Waals surface area (Å²) >= 11 is 0. The van der Waals surface area contributed by atoms with E-state index in [0.29, 0.717) is 17.5 Å². The monoisotopic (exact) mass is 224 g/mol. The van der Waals surface area contributed by atoms with Gasteiger partial charge in [-0.05, 0) is 12.1 Å². The molecule has 82 valence electrons. The lowest BCUT2D eigenvalue weighted by molar-refractivity contribution is 0.523. The van der Waals surface area contributed by atoms with E-state index in [0.717, 1.165) is 5.56 Å². The van der Waals surface area contributed by atoms with Crippen LogP contribution in [0.5, 0.6) is 0 Å². The fourth-order valence-corrected chi connectivity index (χ4v) is 1.54. The van der Waals surface area contributed by atoms with E-state index in [9.17, 15) is 0 Å². The zero-order valence-corrected chi connectivity index (χ0v) is 9.25. The molecule has 0 aliphatic heterocycles. The third-order valence-corrected chi connectivity index (χ3v) is 2.46. The molecule has 17 heavy (non-hydrogen) atoms. The minimum Gasteiger partial charge on any atom is -0.459 e. The maximum Gasteiger partial charge on any atom is 0.283 e. The van der Waals surface area contributed by atoms with Crippen molar-refractivity contribution < 1.29 is 8.83 Å². The van der Waals surface area contributed by atoms with Gasteiger partial charge in [0.15, 0.2) is 5.76 Å². The van der Waals surface area contributed by atoms with Crippen LogP contribution in [0.4, 0.5) is 0 Å². The summed E-state index contributed by atoms with van der Waals surface area (Å²) in [6.07, 6.45) is 1.57. The molecular formula is C12H9BN2O2. The second kappa shape index (κ2) is 3.94. The minimum atomic E-state index is 0.394. The van der Waals surface area contributed by atoms with E-state index in [1.54, 1.807) is 18.4 Å². The van der Waals surface area contributed by atoms with Crippen molar-refractivity contribution in [1.29, 1.82) is 0 Å². The van der Waals surface area contributed by atoms with E-state index in [4.69, 9.17) is 8.83 Å². The van der Waals surface area contributed by atoms with Gasteiger partial charge in [-0.2, -0.15) is 0 Å². The summed E-state index contributed by atoms with van der Waals surface area (Å²) in [4.78, 5) is 0. The fourth-order valence-electron chi connectivity index (χ4n) is 1.54. The SMILES string of the molecule is Bc1ccc(-c2nnc(-c3ccco3)o2)cc1. The Kier molecular flexibility index (Phi) is 2.29. The van der Waals surface area contributed by atoms with Gasteiger partial charge in [0.1, 0.15) is 7.85 Å². The van der Waals surface area contributed by atoms with Crippen LogP contribution in [0.15, 0.2) is 51.5 Å². The Bertz CT molecular complexity index is 614. The first-order chi connectivity index (χ1) is 8.33. The Hall–Kier alpha value is -2.30. The molecule has 2 heterocycles. The minimum absolute atomic E-state index is 0.394. The van der Waals surface area contributed by atoms with Crippen molar-refractivity contribution >= 4 is 13.3 Å². The van der Waals surface area contributed by atoms with E-state index in [1.165, 1.54) is 5.46 Å². The van der Waals surface area contributed by atoms with E-state index >= 15 is 0 Å². The van der Waals surface area contributed by atoms with Crippen LogP contribution in [0.1, 0.15) is 0 Å². The third-order valence-electron chi connectivity index (χ3n) is 2.46. The van der Waals surface area contributed by atoms with Crippen LogP contribution in [0, 0.1) is 0 Å². The van der Waals surface area contributed by atoms with Gasteiger partial charge in [-0.25, -0.2) is 0 Å². The highest BCUT2D eigenvalue weighted by molar-refractivity contribution is 6.32. The molecule has 1 aromatic carbocycles. The van der Waals surface area contributed by atoms with Gasteiger partial charge < -0.3 is 8.83 Å². The van der Waals surface area contributed by atoms with Crippen LogP contribution in [-0.2, 0) is 0 Å². The topological polar surface area (TPSA) is 52.1 Å². The maximum atomic E-state index is 5.54. The van der Waals surface area contributed by atoms with Crippen molar-refractivity contribution in [3.63, 3.8) is 0 Å². The summed E-state index contributed by atoms with van der Waals surface area (Å²) < 4.78 is 10.7. The molecule has 0 amide bonds. The van der Waals surface area contributed by atoms with Gasteiger partial charge >= 0.3 is 0 Å². The van der Waals surface area contributed by atoms with E-state index in [1.807, 2.05) is 32.1 Å². The van der Waals surface area contributed by atoms with Crippen molar-refractivity contribution in [2.45, 2.75) is 0 Å². The summed E-state index contributed by atoms with van der Waals surface area (Å²) in [7, 11) is 2.03. The average molecular weight is 224 g/mol. The highest BCUT2D eigenvalue weighted by Crippen LogP contribution is 2.23. The molecule has 0 bridgehead atoms. The first-order valence-electron chi connectivity index (χ1n) is 5.27. The van der Waals surface area contributed by atoms with Gasteiger partial charge in [-0.3, -0.25) is 0 Å². The van der Waals surface area contributed by atoms with E-state index in [-0.39, 0.29) is 0 Å². The normalized spacial score (nSPS) is 10.6. The third kappa shape index (κ3) is 1.87. The first kappa shape index (κ1) is 9.90. The number of hydrogen-bond acceptors (Lipinski definition) is 4. The first-order valence-corrected chi connectivity index (χ1v) is 5.27. The lowest BCUT2D eigenvalue weighted by Crippen LogP contribution is -1.99. The highest BCUT2D eigenvalue weighted by Gasteiger charge is 2.11. The number of nitrogens with zero attached hydrogens (tertiary/aromatic N) is 2. The van der Waals surface area contributed by atoms with Gasteiger partial charge in [0.05, 0.1) is 6.26 Å². The van der Waals surface area contributed by atoms with Gasteiger partial charge in [0.25, 0.3) is 5.89 Å². The predicted octanol–water partition coefficient (Wildman–Crippen LogP) is 1.25. The number of furan rings is 1. The number of rotatable bonds is 2. The molecule has 2 aromatic heterocycles. The molecule has 0 fully saturated rings. The summed E-state index contributed by atoms with van der Waals surface area (Å²) in [5, 5.41) is 7.94. The standard InChI is InChI=1S/C12H9BN2O2/c13-9-5-3-8(4-6-9)11-14-15-12(17-11)10-2-1-7-16-10/h1-7H,13H2. The zero-order chi connectivity index (χ0) is 11.7. The maximum absolute atomic E-state index is 5.54.